The Kier molecular flexibility index (Phi) is 5.29. The molecular formula is C21H19IN2O3S. The summed E-state index contributed by atoms with van der Waals surface area (Å²) < 4.78 is 14.8. The van der Waals surface area contributed by atoms with Crippen LogP contribution in [0, 0.1) is 3.57 Å². The van der Waals surface area contributed by atoms with Gasteiger partial charge >= 0.3 is 0 Å². The largest absolute Gasteiger partial charge is 0.493 e. The van der Waals surface area contributed by atoms with E-state index in [1.165, 1.54) is 11.3 Å². The number of hydrogen-bond acceptors (Lipinski definition) is 5. The lowest BCUT2D eigenvalue weighted by atomic mass is 10.2. The van der Waals surface area contributed by atoms with E-state index in [1.807, 2.05) is 49.4 Å². The van der Waals surface area contributed by atoms with Crippen molar-refractivity contribution in [2.24, 2.45) is 0 Å². The Bertz CT molecular complexity index is 1280. The molecule has 2 aromatic heterocycles. The topological polar surface area (TPSA) is 52.8 Å². The number of fused-ring (bicyclic) bond motifs is 3. The average Bonchev–Trinajstić information content (AvgIpc) is 3.19. The van der Waals surface area contributed by atoms with E-state index in [-0.39, 0.29) is 11.7 Å². The first kappa shape index (κ1) is 19.2. The monoisotopic (exact) mass is 506 g/mol. The van der Waals surface area contributed by atoms with Gasteiger partial charge in [-0.25, -0.2) is 9.38 Å². The van der Waals surface area contributed by atoms with Gasteiger partial charge in [0.2, 0.25) is 0 Å². The minimum absolute atomic E-state index is 0.0531. The summed E-state index contributed by atoms with van der Waals surface area (Å²) in [7, 11) is 1.63. The molecule has 2 heterocycles. The van der Waals surface area contributed by atoms with Gasteiger partial charge in [-0.3, -0.25) is 4.79 Å². The van der Waals surface area contributed by atoms with Crippen molar-refractivity contribution in [1.29, 1.82) is 0 Å². The van der Waals surface area contributed by atoms with Gasteiger partial charge in [-0.1, -0.05) is 30.4 Å². The van der Waals surface area contributed by atoms with E-state index in [0.29, 0.717) is 15.2 Å². The van der Waals surface area contributed by atoms with Gasteiger partial charge < -0.3 is 9.47 Å². The zero-order valence-electron chi connectivity index (χ0n) is 15.7. The van der Waals surface area contributed by atoms with Crippen LogP contribution in [0.5, 0.6) is 11.5 Å². The molecule has 144 valence electrons. The molecule has 0 N–H and O–H groups in total. The van der Waals surface area contributed by atoms with Crippen LogP contribution in [0.3, 0.4) is 0 Å². The molecule has 0 saturated carbocycles. The standard InChI is InChI=1S/C21H19IN2O3S/c1-4-12(2)27-19-14(22)9-13(10-17(19)26-3)11-18-20(25)24-16-8-6-5-7-15(16)23-21(24)28-18/h5-12H,4H2,1-3H3. The molecule has 0 aliphatic carbocycles. The Labute approximate surface area is 179 Å². The number of aromatic nitrogens is 2. The SMILES string of the molecule is CCC(C)Oc1c(I)cc(C=c2sc3nc4ccccc4n3c2=O)cc1OC. The van der Waals surface area contributed by atoms with Crippen molar-refractivity contribution in [2.75, 3.05) is 7.11 Å². The van der Waals surface area contributed by atoms with E-state index in [4.69, 9.17) is 9.47 Å². The van der Waals surface area contributed by atoms with E-state index in [1.54, 1.807) is 11.5 Å². The van der Waals surface area contributed by atoms with E-state index >= 15 is 0 Å². The van der Waals surface area contributed by atoms with E-state index in [2.05, 4.69) is 34.5 Å². The summed E-state index contributed by atoms with van der Waals surface area (Å²) in [5.41, 5.74) is 2.51. The predicted octanol–water partition coefficient (Wildman–Crippen LogP) is 4.25. The molecule has 4 rings (SSSR count). The van der Waals surface area contributed by atoms with Crippen molar-refractivity contribution in [2.45, 2.75) is 26.4 Å². The number of nitrogens with zero attached hydrogens (tertiary/aromatic N) is 2. The summed E-state index contributed by atoms with van der Waals surface area (Å²) in [5, 5.41) is 0. The van der Waals surface area contributed by atoms with E-state index in [9.17, 15) is 4.79 Å². The van der Waals surface area contributed by atoms with Crippen LogP contribution in [0.15, 0.2) is 41.2 Å². The Morgan fingerprint density at radius 1 is 1.32 bits per heavy atom. The number of thiazole rings is 1. The second-order valence-electron chi connectivity index (χ2n) is 6.51. The summed E-state index contributed by atoms with van der Waals surface area (Å²) >= 11 is 3.63. The number of para-hydroxylation sites is 2. The molecular weight excluding hydrogens is 487 g/mol. The number of benzene rings is 2. The first-order valence-electron chi connectivity index (χ1n) is 8.97. The highest BCUT2D eigenvalue weighted by molar-refractivity contribution is 14.1. The molecule has 0 spiro atoms. The van der Waals surface area contributed by atoms with Crippen LogP contribution in [0.25, 0.3) is 22.1 Å². The maximum atomic E-state index is 12.9. The third kappa shape index (κ3) is 3.37. The van der Waals surface area contributed by atoms with Crippen LogP contribution in [0.4, 0.5) is 0 Å². The van der Waals surface area contributed by atoms with Crippen molar-refractivity contribution in [1.82, 2.24) is 9.38 Å². The molecule has 0 radical (unpaired) electrons. The van der Waals surface area contributed by atoms with Crippen LogP contribution in [0.1, 0.15) is 25.8 Å². The van der Waals surface area contributed by atoms with E-state index < -0.39 is 0 Å². The smallest absolute Gasteiger partial charge is 0.274 e. The minimum Gasteiger partial charge on any atom is -0.493 e. The second kappa shape index (κ2) is 7.71. The number of rotatable bonds is 5. The average molecular weight is 506 g/mol. The van der Waals surface area contributed by atoms with Crippen LogP contribution in [0.2, 0.25) is 0 Å². The lowest BCUT2D eigenvalue weighted by molar-refractivity contribution is 0.206. The van der Waals surface area contributed by atoms with Crippen molar-refractivity contribution in [3.63, 3.8) is 0 Å². The molecule has 5 nitrogen and oxygen atoms in total. The molecule has 0 fully saturated rings. The van der Waals surface area contributed by atoms with Gasteiger partial charge in [-0.05, 0) is 71.8 Å². The van der Waals surface area contributed by atoms with Gasteiger partial charge in [-0.2, -0.15) is 0 Å². The number of hydrogen-bond donors (Lipinski definition) is 0. The summed E-state index contributed by atoms with van der Waals surface area (Å²) in [5.74, 6) is 1.40. The summed E-state index contributed by atoms with van der Waals surface area (Å²) in [4.78, 5) is 18.2. The Hall–Kier alpha value is -2.13. The molecule has 1 unspecified atom stereocenters. The lowest BCUT2D eigenvalue weighted by Crippen LogP contribution is -2.22. The van der Waals surface area contributed by atoms with Crippen molar-refractivity contribution >= 4 is 56.0 Å². The zero-order valence-corrected chi connectivity index (χ0v) is 18.7. The lowest BCUT2D eigenvalue weighted by Gasteiger charge is -2.17. The Morgan fingerprint density at radius 2 is 2.11 bits per heavy atom. The fraction of sp³-hybridized carbons (Fsp3) is 0.238. The highest BCUT2D eigenvalue weighted by atomic mass is 127. The van der Waals surface area contributed by atoms with Gasteiger partial charge in [-0.15, -0.1) is 0 Å². The Balaban J connectivity index is 1.84. The third-order valence-corrected chi connectivity index (χ3v) is 6.36. The maximum Gasteiger partial charge on any atom is 0.274 e. The van der Waals surface area contributed by atoms with E-state index in [0.717, 1.165) is 32.3 Å². The fourth-order valence-corrected chi connectivity index (χ4v) is 4.72. The number of methoxy groups -OCH3 is 1. The quantitative estimate of drug-likeness (QED) is 0.380. The van der Waals surface area contributed by atoms with Crippen LogP contribution in [-0.4, -0.2) is 22.6 Å². The second-order valence-corrected chi connectivity index (χ2v) is 8.68. The number of halogens is 1. The molecule has 0 saturated heterocycles. The molecule has 0 amide bonds. The summed E-state index contributed by atoms with van der Waals surface area (Å²) in [6.07, 6.45) is 2.90. The summed E-state index contributed by atoms with van der Waals surface area (Å²) in [6, 6.07) is 11.6. The van der Waals surface area contributed by atoms with Gasteiger partial charge in [0.05, 0.1) is 32.3 Å². The predicted molar refractivity (Wildman–Crippen MR) is 122 cm³/mol. The highest BCUT2D eigenvalue weighted by Gasteiger charge is 2.15. The van der Waals surface area contributed by atoms with Gasteiger partial charge in [0.15, 0.2) is 16.5 Å². The van der Waals surface area contributed by atoms with Crippen molar-refractivity contribution in [3.8, 4) is 11.5 Å². The molecule has 2 aromatic carbocycles. The molecule has 0 aliphatic heterocycles. The molecule has 0 aliphatic rings. The molecule has 0 bridgehead atoms. The van der Waals surface area contributed by atoms with Crippen LogP contribution in [-0.2, 0) is 0 Å². The normalized spacial score (nSPS) is 13.4. The van der Waals surface area contributed by atoms with Crippen molar-refractivity contribution < 1.29 is 9.47 Å². The molecule has 1 atom stereocenters. The maximum absolute atomic E-state index is 12.9. The molecule has 4 aromatic rings. The highest BCUT2D eigenvalue weighted by Crippen LogP contribution is 2.35. The van der Waals surface area contributed by atoms with Gasteiger partial charge in [0.1, 0.15) is 0 Å². The fourth-order valence-electron chi connectivity index (χ4n) is 2.99. The zero-order chi connectivity index (χ0) is 19.8. The van der Waals surface area contributed by atoms with Crippen LogP contribution >= 0.6 is 33.9 Å². The molecule has 28 heavy (non-hydrogen) atoms. The van der Waals surface area contributed by atoms with Crippen molar-refractivity contribution in [3.05, 3.63) is 60.4 Å². The third-order valence-electron chi connectivity index (χ3n) is 4.59. The van der Waals surface area contributed by atoms with Gasteiger partial charge in [0, 0.05) is 0 Å². The molecule has 7 heteroatoms. The minimum atomic E-state index is -0.0531. The first-order valence-corrected chi connectivity index (χ1v) is 10.9. The van der Waals surface area contributed by atoms with Gasteiger partial charge in [0.25, 0.3) is 5.56 Å². The number of ether oxygens (including phenoxy) is 2. The summed E-state index contributed by atoms with van der Waals surface area (Å²) in [6.45, 7) is 4.11. The Morgan fingerprint density at radius 3 is 2.86 bits per heavy atom. The first-order chi connectivity index (χ1) is 13.5. The van der Waals surface area contributed by atoms with Crippen LogP contribution < -0.4 is 19.6 Å². The number of imidazole rings is 1.